The van der Waals surface area contributed by atoms with Crippen LogP contribution in [0, 0.1) is 5.41 Å². The number of unbranched alkanes of at least 4 members (excludes halogenated alkanes) is 4. The Kier molecular flexibility index (Phi) is 5.05. The Morgan fingerprint density at radius 3 is 2.17 bits per heavy atom. The first-order valence-corrected chi connectivity index (χ1v) is 7.67. The van der Waals surface area contributed by atoms with Gasteiger partial charge in [-0.3, -0.25) is 0 Å². The first kappa shape index (κ1) is 14.3. The van der Waals surface area contributed by atoms with Gasteiger partial charge in [-0.15, -0.1) is 0 Å². The summed E-state index contributed by atoms with van der Waals surface area (Å²) >= 11 is 0. The van der Waals surface area contributed by atoms with Gasteiger partial charge in [0.2, 0.25) is 0 Å². The van der Waals surface area contributed by atoms with Crippen LogP contribution in [0.1, 0.15) is 64.7 Å². The molecule has 0 amide bonds. The predicted octanol–water partition coefficient (Wildman–Crippen LogP) is 3.25. The molecule has 1 saturated heterocycles. The lowest BCUT2D eigenvalue weighted by molar-refractivity contribution is -0.215. The number of hydrogen-bond donors (Lipinski definition) is 1. The molecular weight excluding hydrogens is 228 g/mol. The molecule has 0 aromatic carbocycles. The molecule has 18 heavy (non-hydrogen) atoms. The van der Waals surface area contributed by atoms with Crippen molar-refractivity contribution in [2.45, 2.75) is 70.5 Å². The van der Waals surface area contributed by atoms with E-state index in [1.807, 2.05) is 0 Å². The Morgan fingerprint density at radius 1 is 0.944 bits per heavy atom. The van der Waals surface area contributed by atoms with E-state index in [0.717, 1.165) is 38.9 Å². The number of aliphatic hydroxyl groups excluding tert-OH is 1. The van der Waals surface area contributed by atoms with E-state index in [9.17, 15) is 5.11 Å². The summed E-state index contributed by atoms with van der Waals surface area (Å²) in [5.74, 6) is -0.359. The minimum Gasteiger partial charge on any atom is -0.396 e. The van der Waals surface area contributed by atoms with Gasteiger partial charge in [-0.1, -0.05) is 32.6 Å². The van der Waals surface area contributed by atoms with Crippen LogP contribution in [0.4, 0.5) is 0 Å². The maximum Gasteiger partial charge on any atom is 0.174 e. The number of aliphatic hydroxyl groups is 1. The van der Waals surface area contributed by atoms with Gasteiger partial charge in [0.25, 0.3) is 0 Å². The van der Waals surface area contributed by atoms with E-state index < -0.39 is 0 Å². The molecule has 1 saturated carbocycles. The Balaban J connectivity index is 1.83. The number of ether oxygens (including phenoxy) is 2. The van der Waals surface area contributed by atoms with Crippen LogP contribution in [-0.4, -0.2) is 30.7 Å². The normalized spacial score (nSPS) is 24.3. The summed E-state index contributed by atoms with van der Waals surface area (Å²) in [5.41, 5.74) is 0.128. The molecule has 1 aliphatic carbocycles. The van der Waals surface area contributed by atoms with Gasteiger partial charge in [-0.05, 0) is 25.7 Å². The molecule has 1 N–H and O–H groups in total. The van der Waals surface area contributed by atoms with Crippen molar-refractivity contribution >= 4 is 0 Å². The summed E-state index contributed by atoms with van der Waals surface area (Å²) in [6.07, 6.45) is 10.6. The van der Waals surface area contributed by atoms with Crippen LogP contribution >= 0.6 is 0 Å². The van der Waals surface area contributed by atoms with Crippen LogP contribution in [0.3, 0.4) is 0 Å². The van der Waals surface area contributed by atoms with Crippen molar-refractivity contribution in [2.75, 3.05) is 19.8 Å². The molecule has 1 heterocycles. The van der Waals surface area contributed by atoms with E-state index in [1.165, 1.54) is 32.1 Å². The molecule has 106 valence electrons. The second-order valence-corrected chi connectivity index (χ2v) is 5.87. The maximum absolute atomic E-state index is 9.25. The van der Waals surface area contributed by atoms with Gasteiger partial charge < -0.3 is 14.6 Å². The quantitative estimate of drug-likeness (QED) is 0.644. The monoisotopic (exact) mass is 256 g/mol. The Bertz CT molecular complexity index is 242. The van der Waals surface area contributed by atoms with Gasteiger partial charge in [0.1, 0.15) is 0 Å². The van der Waals surface area contributed by atoms with E-state index in [0.29, 0.717) is 0 Å². The van der Waals surface area contributed by atoms with Crippen molar-refractivity contribution in [1.82, 2.24) is 0 Å². The Hall–Kier alpha value is -0.120. The minimum atomic E-state index is -0.359. The molecule has 0 aromatic rings. The topological polar surface area (TPSA) is 38.7 Å². The summed E-state index contributed by atoms with van der Waals surface area (Å²) in [6.45, 7) is 3.94. The van der Waals surface area contributed by atoms with Crippen LogP contribution in [0.25, 0.3) is 0 Å². The fourth-order valence-corrected chi connectivity index (χ4v) is 3.32. The van der Waals surface area contributed by atoms with Crippen LogP contribution in [0.2, 0.25) is 0 Å². The third-order valence-corrected chi connectivity index (χ3v) is 4.62. The summed E-state index contributed by atoms with van der Waals surface area (Å²) in [4.78, 5) is 0. The lowest BCUT2D eigenvalue weighted by atomic mass is 9.87. The SMILES string of the molecule is CCCCCCCC1(C2(CCO)CC2)OCCO1. The molecule has 2 rings (SSSR count). The molecule has 0 spiro atoms. The fraction of sp³-hybridized carbons (Fsp3) is 1.00. The molecule has 0 unspecified atom stereocenters. The van der Waals surface area contributed by atoms with Gasteiger partial charge in [0, 0.05) is 18.4 Å². The summed E-state index contributed by atoms with van der Waals surface area (Å²) in [6, 6.07) is 0. The van der Waals surface area contributed by atoms with Crippen molar-refractivity contribution in [2.24, 2.45) is 5.41 Å². The molecule has 0 aromatic heterocycles. The number of rotatable bonds is 9. The highest BCUT2D eigenvalue weighted by Crippen LogP contribution is 2.61. The van der Waals surface area contributed by atoms with Crippen LogP contribution < -0.4 is 0 Å². The lowest BCUT2D eigenvalue weighted by Crippen LogP contribution is -2.41. The van der Waals surface area contributed by atoms with E-state index >= 15 is 0 Å². The van der Waals surface area contributed by atoms with E-state index in [2.05, 4.69) is 6.92 Å². The highest BCUT2D eigenvalue weighted by Gasteiger charge is 2.61. The lowest BCUT2D eigenvalue weighted by Gasteiger charge is -2.36. The van der Waals surface area contributed by atoms with Crippen molar-refractivity contribution in [3.05, 3.63) is 0 Å². The molecule has 1 aliphatic heterocycles. The average molecular weight is 256 g/mol. The molecule has 0 radical (unpaired) electrons. The zero-order chi connectivity index (χ0) is 12.9. The third kappa shape index (κ3) is 2.89. The molecular formula is C15H28O3. The highest BCUT2D eigenvalue weighted by molar-refractivity contribution is 5.05. The van der Waals surface area contributed by atoms with Gasteiger partial charge in [-0.25, -0.2) is 0 Å². The predicted molar refractivity (Wildman–Crippen MR) is 71.4 cm³/mol. The van der Waals surface area contributed by atoms with Crippen molar-refractivity contribution in [1.29, 1.82) is 0 Å². The third-order valence-electron chi connectivity index (χ3n) is 4.62. The van der Waals surface area contributed by atoms with Crippen molar-refractivity contribution < 1.29 is 14.6 Å². The first-order valence-electron chi connectivity index (χ1n) is 7.67. The van der Waals surface area contributed by atoms with Crippen LogP contribution in [-0.2, 0) is 9.47 Å². The first-order chi connectivity index (χ1) is 8.79. The van der Waals surface area contributed by atoms with Gasteiger partial charge in [-0.2, -0.15) is 0 Å². The average Bonchev–Trinajstić information content (AvgIpc) is 3.01. The second-order valence-electron chi connectivity index (χ2n) is 5.87. The summed E-state index contributed by atoms with van der Waals surface area (Å²) < 4.78 is 12.0. The maximum atomic E-state index is 9.25. The molecule has 3 heteroatoms. The zero-order valence-corrected chi connectivity index (χ0v) is 11.7. The summed E-state index contributed by atoms with van der Waals surface area (Å²) in [7, 11) is 0. The Morgan fingerprint density at radius 2 is 1.61 bits per heavy atom. The molecule has 0 bridgehead atoms. The largest absolute Gasteiger partial charge is 0.396 e. The van der Waals surface area contributed by atoms with Crippen molar-refractivity contribution in [3.8, 4) is 0 Å². The van der Waals surface area contributed by atoms with Crippen LogP contribution in [0.15, 0.2) is 0 Å². The van der Waals surface area contributed by atoms with Gasteiger partial charge in [0.15, 0.2) is 5.79 Å². The standard InChI is InChI=1S/C15H28O3/c1-2-3-4-5-6-7-15(17-12-13-18-15)14(8-9-14)10-11-16/h16H,2-13H2,1H3. The van der Waals surface area contributed by atoms with E-state index in [4.69, 9.17) is 9.47 Å². The molecule has 3 nitrogen and oxygen atoms in total. The molecule has 2 fully saturated rings. The van der Waals surface area contributed by atoms with E-state index in [1.54, 1.807) is 0 Å². The van der Waals surface area contributed by atoms with E-state index in [-0.39, 0.29) is 17.8 Å². The number of hydrogen-bond acceptors (Lipinski definition) is 3. The molecule has 0 atom stereocenters. The highest BCUT2D eigenvalue weighted by atomic mass is 16.7. The molecule has 2 aliphatic rings. The van der Waals surface area contributed by atoms with Gasteiger partial charge >= 0.3 is 0 Å². The zero-order valence-electron chi connectivity index (χ0n) is 11.7. The smallest absolute Gasteiger partial charge is 0.174 e. The summed E-state index contributed by atoms with van der Waals surface area (Å²) in [5, 5.41) is 9.25. The fourth-order valence-electron chi connectivity index (χ4n) is 3.32. The Labute approximate surface area is 111 Å². The van der Waals surface area contributed by atoms with Crippen LogP contribution in [0.5, 0.6) is 0 Å². The van der Waals surface area contributed by atoms with Gasteiger partial charge in [0.05, 0.1) is 13.2 Å². The minimum absolute atomic E-state index is 0.128. The van der Waals surface area contributed by atoms with Crippen molar-refractivity contribution in [3.63, 3.8) is 0 Å². The second kappa shape index (κ2) is 6.36.